The fourth-order valence-corrected chi connectivity index (χ4v) is 3.86. The molecule has 0 bridgehead atoms. The average Bonchev–Trinajstić information content (AvgIpc) is 3.11. The van der Waals surface area contributed by atoms with Gasteiger partial charge < -0.3 is 19.3 Å². The number of methoxy groups -OCH3 is 1. The van der Waals surface area contributed by atoms with E-state index in [0.717, 1.165) is 35.8 Å². The summed E-state index contributed by atoms with van der Waals surface area (Å²) in [6.45, 7) is 6.83. The van der Waals surface area contributed by atoms with Gasteiger partial charge in [0.25, 0.3) is 5.91 Å². The number of piperazine rings is 1. The number of fused-ring (bicyclic) bond motifs is 1. The van der Waals surface area contributed by atoms with Crippen LogP contribution in [0.1, 0.15) is 41.7 Å². The van der Waals surface area contributed by atoms with Gasteiger partial charge in [-0.1, -0.05) is 0 Å². The minimum Gasteiger partial charge on any atom is -0.495 e. The normalized spacial score (nSPS) is 22.5. The van der Waals surface area contributed by atoms with E-state index in [4.69, 9.17) is 9.47 Å². The second-order valence-electron chi connectivity index (χ2n) is 7.12. The Morgan fingerprint density at radius 1 is 1.26 bits per heavy atom. The van der Waals surface area contributed by atoms with E-state index in [1.807, 2.05) is 31.0 Å². The first kappa shape index (κ1) is 17.8. The molecule has 1 fully saturated rings. The van der Waals surface area contributed by atoms with Gasteiger partial charge in [-0.2, -0.15) is 5.10 Å². The van der Waals surface area contributed by atoms with Crippen molar-refractivity contribution in [3.63, 3.8) is 0 Å². The Labute approximate surface area is 158 Å². The lowest BCUT2D eigenvalue weighted by atomic mass is 9.99. The summed E-state index contributed by atoms with van der Waals surface area (Å²) < 4.78 is 11.1. The van der Waals surface area contributed by atoms with Gasteiger partial charge in [0.2, 0.25) is 0 Å². The lowest BCUT2D eigenvalue weighted by Crippen LogP contribution is -2.49. The first-order valence-corrected chi connectivity index (χ1v) is 9.32. The van der Waals surface area contributed by atoms with Crippen LogP contribution in [0.3, 0.4) is 0 Å². The van der Waals surface area contributed by atoms with Gasteiger partial charge in [-0.3, -0.25) is 14.9 Å². The third-order valence-corrected chi connectivity index (χ3v) is 5.30. The van der Waals surface area contributed by atoms with Crippen molar-refractivity contribution in [1.82, 2.24) is 20.1 Å². The number of nitrogens with zero attached hydrogens (tertiary/aromatic N) is 4. The number of aromatic amines is 1. The van der Waals surface area contributed by atoms with Crippen molar-refractivity contribution in [3.8, 4) is 5.75 Å². The maximum Gasteiger partial charge on any atom is 0.274 e. The number of hydrogen-bond acceptors (Lipinski definition) is 6. The first-order chi connectivity index (χ1) is 13.1. The van der Waals surface area contributed by atoms with Gasteiger partial charge in [0.15, 0.2) is 5.69 Å². The molecule has 8 heteroatoms. The predicted molar refractivity (Wildman–Crippen MR) is 100 cm³/mol. The molecule has 1 saturated heterocycles. The monoisotopic (exact) mass is 371 g/mol. The lowest BCUT2D eigenvalue weighted by Gasteiger charge is -2.36. The number of hydrogen-bond donors (Lipinski definition) is 1. The van der Waals surface area contributed by atoms with Crippen LogP contribution in [0, 0.1) is 0 Å². The Kier molecular flexibility index (Phi) is 4.73. The number of pyridine rings is 1. The zero-order valence-electron chi connectivity index (χ0n) is 15.9. The van der Waals surface area contributed by atoms with Crippen molar-refractivity contribution in [1.29, 1.82) is 0 Å². The lowest BCUT2D eigenvalue weighted by molar-refractivity contribution is -0.00702. The second-order valence-corrected chi connectivity index (χ2v) is 7.12. The number of amides is 1. The van der Waals surface area contributed by atoms with Crippen LogP contribution in [0.15, 0.2) is 18.5 Å². The van der Waals surface area contributed by atoms with E-state index in [0.29, 0.717) is 25.2 Å². The molecule has 1 N–H and O–H groups in total. The fourth-order valence-electron chi connectivity index (χ4n) is 3.86. The van der Waals surface area contributed by atoms with Gasteiger partial charge in [-0.15, -0.1) is 0 Å². The Morgan fingerprint density at radius 3 is 2.78 bits per heavy atom. The number of H-pyrrole nitrogens is 1. The van der Waals surface area contributed by atoms with E-state index < -0.39 is 0 Å². The number of carbonyl (C=O) groups is 1. The van der Waals surface area contributed by atoms with Crippen LogP contribution in [0.5, 0.6) is 5.75 Å². The summed E-state index contributed by atoms with van der Waals surface area (Å²) in [4.78, 5) is 21.4. The smallest absolute Gasteiger partial charge is 0.274 e. The summed E-state index contributed by atoms with van der Waals surface area (Å²) in [7, 11) is 1.63. The SMILES string of the molecule is COc1cncc(N2CCN(C(=O)c3n[nH]c4c3C[C@H](C)O[C@@H]4C)CC2)c1. The maximum absolute atomic E-state index is 13.0. The highest BCUT2D eigenvalue weighted by Gasteiger charge is 2.32. The molecule has 4 rings (SSSR count). The van der Waals surface area contributed by atoms with Gasteiger partial charge in [0.05, 0.1) is 43.1 Å². The summed E-state index contributed by atoms with van der Waals surface area (Å²) >= 11 is 0. The van der Waals surface area contributed by atoms with Crippen LogP contribution in [-0.4, -0.2) is 65.4 Å². The Hall–Kier alpha value is -2.61. The van der Waals surface area contributed by atoms with Crippen LogP contribution in [0.25, 0.3) is 0 Å². The van der Waals surface area contributed by atoms with E-state index in [2.05, 4.69) is 20.1 Å². The van der Waals surface area contributed by atoms with Gasteiger partial charge in [0, 0.05) is 44.2 Å². The first-order valence-electron chi connectivity index (χ1n) is 9.32. The fraction of sp³-hybridized carbons (Fsp3) is 0.526. The maximum atomic E-state index is 13.0. The molecule has 2 aromatic rings. The molecule has 0 aromatic carbocycles. The van der Waals surface area contributed by atoms with E-state index in [-0.39, 0.29) is 18.1 Å². The molecule has 0 radical (unpaired) electrons. The summed E-state index contributed by atoms with van der Waals surface area (Å²) in [5.74, 6) is 0.733. The summed E-state index contributed by atoms with van der Waals surface area (Å²) in [5, 5.41) is 7.33. The van der Waals surface area contributed by atoms with E-state index in [9.17, 15) is 4.79 Å². The molecule has 1 amide bonds. The van der Waals surface area contributed by atoms with Gasteiger partial charge >= 0.3 is 0 Å². The number of aromatic nitrogens is 3. The molecule has 2 atom stereocenters. The van der Waals surface area contributed by atoms with Gasteiger partial charge in [-0.25, -0.2) is 0 Å². The third kappa shape index (κ3) is 3.37. The summed E-state index contributed by atoms with van der Waals surface area (Å²) in [5.41, 5.74) is 3.49. The molecule has 2 aliphatic rings. The highest BCUT2D eigenvalue weighted by atomic mass is 16.5. The van der Waals surface area contributed by atoms with Crippen molar-refractivity contribution >= 4 is 11.6 Å². The number of rotatable bonds is 3. The number of carbonyl (C=O) groups excluding carboxylic acids is 1. The van der Waals surface area contributed by atoms with Crippen LogP contribution in [-0.2, 0) is 11.2 Å². The minimum absolute atomic E-state index is 0.00258. The molecule has 0 spiro atoms. The minimum atomic E-state index is -0.0600. The van der Waals surface area contributed by atoms with Crippen LogP contribution in [0.2, 0.25) is 0 Å². The Bertz CT molecular complexity index is 829. The average molecular weight is 371 g/mol. The zero-order valence-corrected chi connectivity index (χ0v) is 15.9. The van der Waals surface area contributed by atoms with Crippen molar-refractivity contribution < 1.29 is 14.3 Å². The Balaban J connectivity index is 1.45. The second kappa shape index (κ2) is 7.19. The third-order valence-electron chi connectivity index (χ3n) is 5.30. The van der Waals surface area contributed by atoms with Gasteiger partial charge in [0.1, 0.15) is 5.75 Å². The number of anilines is 1. The van der Waals surface area contributed by atoms with Crippen molar-refractivity contribution in [2.24, 2.45) is 0 Å². The molecule has 8 nitrogen and oxygen atoms in total. The predicted octanol–water partition coefficient (Wildman–Crippen LogP) is 1.80. The Morgan fingerprint density at radius 2 is 2.04 bits per heavy atom. The highest BCUT2D eigenvalue weighted by molar-refractivity contribution is 5.94. The quantitative estimate of drug-likeness (QED) is 0.886. The summed E-state index contributed by atoms with van der Waals surface area (Å²) in [6, 6.07) is 1.97. The van der Waals surface area contributed by atoms with Crippen LogP contribution < -0.4 is 9.64 Å². The number of nitrogens with one attached hydrogen (secondary N) is 1. The molecule has 2 aliphatic heterocycles. The molecule has 0 aliphatic carbocycles. The molecule has 2 aromatic heterocycles. The molecule has 0 saturated carbocycles. The standard InChI is InChI=1S/C19H25N5O3/c1-12-8-16-17(13(2)27-12)21-22-18(16)19(25)24-6-4-23(5-7-24)14-9-15(26-3)11-20-10-14/h9-13H,4-8H2,1-3H3,(H,21,22)/t12-,13+/m0/s1. The zero-order chi connectivity index (χ0) is 19.0. The highest BCUT2D eigenvalue weighted by Crippen LogP contribution is 2.31. The molecule has 4 heterocycles. The van der Waals surface area contributed by atoms with Crippen molar-refractivity contribution in [2.45, 2.75) is 32.5 Å². The number of ether oxygens (including phenoxy) is 2. The van der Waals surface area contributed by atoms with Crippen LogP contribution in [0.4, 0.5) is 5.69 Å². The molecular weight excluding hydrogens is 346 g/mol. The largest absolute Gasteiger partial charge is 0.495 e. The van der Waals surface area contributed by atoms with Crippen molar-refractivity contribution in [3.05, 3.63) is 35.4 Å². The molecule has 0 unspecified atom stereocenters. The molecular formula is C19H25N5O3. The molecule has 144 valence electrons. The van der Waals surface area contributed by atoms with Crippen molar-refractivity contribution in [2.75, 3.05) is 38.2 Å². The topological polar surface area (TPSA) is 83.6 Å². The molecule has 27 heavy (non-hydrogen) atoms. The van der Waals surface area contributed by atoms with E-state index in [1.54, 1.807) is 13.3 Å². The van der Waals surface area contributed by atoms with E-state index in [1.165, 1.54) is 0 Å². The van der Waals surface area contributed by atoms with E-state index >= 15 is 0 Å². The van der Waals surface area contributed by atoms with Gasteiger partial charge in [-0.05, 0) is 13.8 Å². The van der Waals surface area contributed by atoms with Crippen LogP contribution >= 0.6 is 0 Å². The summed E-state index contributed by atoms with van der Waals surface area (Å²) in [6.07, 6.45) is 4.26.